The largest absolute Gasteiger partial charge is 0.322 e. The van der Waals surface area contributed by atoms with Gasteiger partial charge in [-0.25, -0.2) is 4.39 Å². The molecule has 168 valence electrons. The van der Waals surface area contributed by atoms with Gasteiger partial charge in [-0.2, -0.15) is 9.78 Å². The van der Waals surface area contributed by atoms with Crippen LogP contribution in [0.2, 0.25) is 0 Å². The number of aromatic nitrogens is 6. The highest BCUT2D eigenvalue weighted by Gasteiger charge is 2.15. The number of hydrogen-bond donors (Lipinski definition) is 1. The lowest BCUT2D eigenvalue weighted by Crippen LogP contribution is -2.14. The molecule has 0 fully saturated rings. The third kappa shape index (κ3) is 4.31. The summed E-state index contributed by atoms with van der Waals surface area (Å²) in [5.41, 5.74) is 3.91. The van der Waals surface area contributed by atoms with E-state index in [9.17, 15) is 9.18 Å². The molecule has 1 N–H and O–H groups in total. The molecule has 0 spiro atoms. The van der Waals surface area contributed by atoms with Gasteiger partial charge in [0.15, 0.2) is 5.82 Å². The van der Waals surface area contributed by atoms with Crippen LogP contribution in [-0.4, -0.2) is 35.9 Å². The number of anilines is 1. The van der Waals surface area contributed by atoms with Crippen LogP contribution in [0.5, 0.6) is 0 Å². The summed E-state index contributed by atoms with van der Waals surface area (Å²) in [5, 5.41) is 18.2. The molecule has 0 aliphatic heterocycles. The molecule has 0 aliphatic carbocycles. The first kappa shape index (κ1) is 21.2. The first-order valence-corrected chi connectivity index (χ1v) is 10.6. The van der Waals surface area contributed by atoms with E-state index in [2.05, 4.69) is 25.9 Å². The molecule has 0 bridgehead atoms. The summed E-state index contributed by atoms with van der Waals surface area (Å²) in [7, 11) is 0. The molecule has 0 aliphatic rings. The molecule has 5 rings (SSSR count). The van der Waals surface area contributed by atoms with E-state index in [-0.39, 0.29) is 11.6 Å². The zero-order valence-electron chi connectivity index (χ0n) is 18.3. The van der Waals surface area contributed by atoms with Crippen LogP contribution in [-0.2, 0) is 6.54 Å². The predicted octanol–water partition coefficient (Wildman–Crippen LogP) is 4.27. The van der Waals surface area contributed by atoms with Gasteiger partial charge in [-0.05, 0) is 64.4 Å². The summed E-state index contributed by atoms with van der Waals surface area (Å²) >= 11 is 0. The molecule has 3 aromatic carbocycles. The number of aryl methyl sites for hydroxylation is 1. The maximum absolute atomic E-state index is 14.4. The van der Waals surface area contributed by atoms with E-state index in [0.717, 1.165) is 16.7 Å². The molecule has 9 heteroatoms. The van der Waals surface area contributed by atoms with Gasteiger partial charge in [0.05, 0.1) is 6.54 Å². The summed E-state index contributed by atoms with van der Waals surface area (Å²) in [6.45, 7) is 2.34. The number of benzene rings is 3. The third-order valence-corrected chi connectivity index (χ3v) is 5.40. The van der Waals surface area contributed by atoms with E-state index >= 15 is 0 Å². The summed E-state index contributed by atoms with van der Waals surface area (Å²) in [4.78, 5) is 13.2. The van der Waals surface area contributed by atoms with Crippen LogP contribution in [0.3, 0.4) is 0 Å². The SMILES string of the molecule is Cc1nnnn1-c1cc(NC(=O)c2ccccc2-c2ccc(Cn3cccn3)cc2)ccc1F. The van der Waals surface area contributed by atoms with E-state index in [1.807, 2.05) is 59.4 Å². The van der Waals surface area contributed by atoms with Crippen molar-refractivity contribution in [3.05, 3.63) is 108 Å². The van der Waals surface area contributed by atoms with Crippen molar-refractivity contribution < 1.29 is 9.18 Å². The molecule has 5 aromatic rings. The minimum absolute atomic E-state index is 0.154. The van der Waals surface area contributed by atoms with Gasteiger partial charge >= 0.3 is 0 Å². The quantitative estimate of drug-likeness (QED) is 0.415. The zero-order valence-corrected chi connectivity index (χ0v) is 18.3. The van der Waals surface area contributed by atoms with Crippen molar-refractivity contribution in [1.82, 2.24) is 30.0 Å². The van der Waals surface area contributed by atoms with Crippen LogP contribution in [0.4, 0.5) is 10.1 Å². The molecule has 2 aromatic heterocycles. The zero-order chi connectivity index (χ0) is 23.5. The number of halogens is 1. The Labute approximate surface area is 194 Å². The lowest BCUT2D eigenvalue weighted by Gasteiger charge is -2.12. The van der Waals surface area contributed by atoms with Crippen molar-refractivity contribution in [3.63, 3.8) is 0 Å². The Morgan fingerprint density at radius 3 is 2.59 bits per heavy atom. The van der Waals surface area contributed by atoms with Crippen LogP contribution in [0, 0.1) is 12.7 Å². The Bertz CT molecular complexity index is 1440. The van der Waals surface area contributed by atoms with E-state index in [4.69, 9.17) is 0 Å². The second-order valence-corrected chi connectivity index (χ2v) is 7.70. The van der Waals surface area contributed by atoms with Gasteiger partial charge in [0.2, 0.25) is 0 Å². The highest BCUT2D eigenvalue weighted by molar-refractivity contribution is 6.08. The van der Waals surface area contributed by atoms with E-state index in [1.54, 1.807) is 19.2 Å². The van der Waals surface area contributed by atoms with Gasteiger partial charge in [-0.15, -0.1) is 5.10 Å². The van der Waals surface area contributed by atoms with E-state index < -0.39 is 5.82 Å². The van der Waals surface area contributed by atoms with Crippen LogP contribution < -0.4 is 5.32 Å². The highest BCUT2D eigenvalue weighted by atomic mass is 19.1. The van der Waals surface area contributed by atoms with Crippen LogP contribution in [0.1, 0.15) is 21.7 Å². The normalized spacial score (nSPS) is 10.9. The molecular formula is C25H20FN7O. The monoisotopic (exact) mass is 453 g/mol. The molecule has 0 unspecified atom stereocenters. The van der Waals surface area contributed by atoms with Crippen molar-refractivity contribution in [2.75, 3.05) is 5.32 Å². The number of nitrogens with zero attached hydrogens (tertiary/aromatic N) is 6. The summed E-state index contributed by atoms with van der Waals surface area (Å²) in [6.07, 6.45) is 3.66. The first-order valence-electron chi connectivity index (χ1n) is 10.6. The van der Waals surface area contributed by atoms with Gasteiger partial charge in [0, 0.05) is 23.6 Å². The standard InChI is InChI=1S/C25H20FN7O/c1-17-29-30-31-33(17)24-15-20(11-12-23(24)26)28-25(34)22-6-3-2-5-21(22)19-9-7-18(8-10-19)16-32-14-4-13-27-32/h2-15H,16H2,1H3,(H,28,34). The fourth-order valence-corrected chi connectivity index (χ4v) is 3.71. The van der Waals surface area contributed by atoms with E-state index in [0.29, 0.717) is 23.6 Å². The molecule has 0 saturated heterocycles. The molecule has 34 heavy (non-hydrogen) atoms. The number of hydrogen-bond acceptors (Lipinski definition) is 5. The minimum Gasteiger partial charge on any atom is -0.322 e. The Morgan fingerprint density at radius 1 is 1.03 bits per heavy atom. The first-order chi connectivity index (χ1) is 16.6. The Morgan fingerprint density at radius 2 is 1.85 bits per heavy atom. The number of nitrogens with one attached hydrogen (secondary N) is 1. The Balaban J connectivity index is 1.39. The van der Waals surface area contributed by atoms with Crippen molar-refractivity contribution in [2.24, 2.45) is 0 Å². The van der Waals surface area contributed by atoms with Crippen LogP contribution in [0.25, 0.3) is 16.8 Å². The highest BCUT2D eigenvalue weighted by Crippen LogP contribution is 2.26. The average molecular weight is 453 g/mol. The van der Waals surface area contributed by atoms with Gasteiger partial charge in [0.25, 0.3) is 5.91 Å². The number of amides is 1. The topological polar surface area (TPSA) is 90.5 Å². The molecule has 0 saturated carbocycles. The molecule has 8 nitrogen and oxygen atoms in total. The van der Waals surface area contributed by atoms with Crippen LogP contribution in [0.15, 0.2) is 85.2 Å². The molecule has 2 heterocycles. The fourth-order valence-electron chi connectivity index (χ4n) is 3.71. The van der Waals surface area contributed by atoms with Gasteiger partial charge in [-0.3, -0.25) is 9.48 Å². The second kappa shape index (κ2) is 9.07. The summed E-state index contributed by atoms with van der Waals surface area (Å²) in [5.74, 6) is -0.366. The third-order valence-electron chi connectivity index (χ3n) is 5.40. The number of carbonyl (C=O) groups excluding carboxylic acids is 1. The van der Waals surface area contributed by atoms with Crippen molar-refractivity contribution in [3.8, 4) is 16.8 Å². The number of rotatable bonds is 6. The average Bonchev–Trinajstić information content (AvgIpc) is 3.52. The second-order valence-electron chi connectivity index (χ2n) is 7.70. The van der Waals surface area contributed by atoms with E-state index in [1.165, 1.54) is 22.9 Å². The Hall–Kier alpha value is -4.66. The molecule has 0 atom stereocenters. The molecule has 1 amide bonds. The predicted molar refractivity (Wildman–Crippen MR) is 125 cm³/mol. The fraction of sp³-hybridized carbons (Fsp3) is 0.0800. The maximum Gasteiger partial charge on any atom is 0.256 e. The maximum atomic E-state index is 14.4. The van der Waals surface area contributed by atoms with Crippen molar-refractivity contribution >= 4 is 11.6 Å². The van der Waals surface area contributed by atoms with Crippen molar-refractivity contribution in [2.45, 2.75) is 13.5 Å². The smallest absolute Gasteiger partial charge is 0.256 e. The Kier molecular flexibility index (Phi) is 5.65. The minimum atomic E-state index is -0.496. The lowest BCUT2D eigenvalue weighted by molar-refractivity contribution is 0.102. The van der Waals surface area contributed by atoms with Gasteiger partial charge in [-0.1, -0.05) is 42.5 Å². The van der Waals surface area contributed by atoms with Crippen molar-refractivity contribution in [1.29, 1.82) is 0 Å². The number of carbonyl (C=O) groups is 1. The molecular weight excluding hydrogens is 433 g/mol. The lowest BCUT2D eigenvalue weighted by atomic mass is 9.98. The molecule has 0 radical (unpaired) electrons. The van der Waals surface area contributed by atoms with Crippen LogP contribution >= 0.6 is 0 Å². The van der Waals surface area contributed by atoms with Gasteiger partial charge < -0.3 is 5.32 Å². The number of tetrazole rings is 1. The van der Waals surface area contributed by atoms with Gasteiger partial charge in [0.1, 0.15) is 11.5 Å². The summed E-state index contributed by atoms with van der Waals surface area (Å²) in [6, 6.07) is 21.5. The summed E-state index contributed by atoms with van der Waals surface area (Å²) < 4.78 is 17.5.